The SMILES string of the molecule is CCOC(=O)/C(C)=C/c1cc(Br)ccc1F. The van der Waals surface area contributed by atoms with Gasteiger partial charge in [0.15, 0.2) is 0 Å². The monoisotopic (exact) mass is 286 g/mol. The second-order valence-electron chi connectivity index (χ2n) is 3.21. The summed E-state index contributed by atoms with van der Waals surface area (Å²) in [6, 6.07) is 4.55. The molecule has 0 saturated carbocycles. The summed E-state index contributed by atoms with van der Waals surface area (Å²) in [5.74, 6) is -0.797. The van der Waals surface area contributed by atoms with Gasteiger partial charge in [-0.15, -0.1) is 0 Å². The van der Waals surface area contributed by atoms with Gasteiger partial charge in [-0.1, -0.05) is 15.9 Å². The molecule has 0 amide bonds. The smallest absolute Gasteiger partial charge is 0.333 e. The van der Waals surface area contributed by atoms with Gasteiger partial charge in [-0.05, 0) is 38.1 Å². The topological polar surface area (TPSA) is 26.3 Å². The number of carbonyl (C=O) groups excluding carboxylic acids is 1. The van der Waals surface area contributed by atoms with Crippen LogP contribution in [0.4, 0.5) is 4.39 Å². The van der Waals surface area contributed by atoms with Crippen molar-refractivity contribution in [2.75, 3.05) is 6.61 Å². The summed E-state index contributed by atoms with van der Waals surface area (Å²) in [6.45, 7) is 3.63. The lowest BCUT2D eigenvalue weighted by Gasteiger charge is -2.03. The third-order valence-electron chi connectivity index (χ3n) is 1.93. The molecule has 1 rings (SSSR count). The highest BCUT2D eigenvalue weighted by molar-refractivity contribution is 9.10. The maximum atomic E-state index is 13.4. The first-order valence-corrected chi connectivity index (χ1v) is 5.64. The molecule has 0 heterocycles. The van der Waals surface area contributed by atoms with Crippen molar-refractivity contribution in [1.82, 2.24) is 0 Å². The van der Waals surface area contributed by atoms with Crippen molar-refractivity contribution in [3.8, 4) is 0 Å². The largest absolute Gasteiger partial charge is 0.463 e. The predicted octanol–water partition coefficient (Wildman–Crippen LogP) is 3.55. The van der Waals surface area contributed by atoms with E-state index in [1.54, 1.807) is 26.0 Å². The predicted molar refractivity (Wildman–Crippen MR) is 64.4 cm³/mol. The average molecular weight is 287 g/mol. The zero-order chi connectivity index (χ0) is 12.1. The fraction of sp³-hybridized carbons (Fsp3) is 0.250. The molecule has 0 aliphatic heterocycles. The van der Waals surface area contributed by atoms with Crippen LogP contribution in [0.15, 0.2) is 28.2 Å². The summed E-state index contributed by atoms with van der Waals surface area (Å²) in [5, 5.41) is 0. The fourth-order valence-electron chi connectivity index (χ4n) is 1.16. The van der Waals surface area contributed by atoms with Crippen molar-refractivity contribution in [3.05, 3.63) is 39.6 Å². The molecule has 0 spiro atoms. The van der Waals surface area contributed by atoms with Crippen molar-refractivity contribution in [2.45, 2.75) is 13.8 Å². The van der Waals surface area contributed by atoms with E-state index in [1.165, 1.54) is 12.1 Å². The van der Waals surface area contributed by atoms with Crippen LogP contribution in [0.3, 0.4) is 0 Å². The second-order valence-corrected chi connectivity index (χ2v) is 4.13. The first-order valence-electron chi connectivity index (χ1n) is 4.85. The number of hydrogen-bond acceptors (Lipinski definition) is 2. The van der Waals surface area contributed by atoms with Gasteiger partial charge in [-0.25, -0.2) is 9.18 Å². The Kier molecular flexibility index (Phi) is 4.68. The Balaban J connectivity index is 2.97. The highest BCUT2D eigenvalue weighted by Crippen LogP contribution is 2.18. The van der Waals surface area contributed by atoms with Crippen molar-refractivity contribution in [1.29, 1.82) is 0 Å². The van der Waals surface area contributed by atoms with Gasteiger partial charge < -0.3 is 4.74 Å². The number of ether oxygens (including phenoxy) is 1. The van der Waals surface area contributed by atoms with Crippen LogP contribution in [-0.4, -0.2) is 12.6 Å². The molecule has 0 fully saturated rings. The van der Waals surface area contributed by atoms with Gasteiger partial charge >= 0.3 is 5.97 Å². The van der Waals surface area contributed by atoms with E-state index in [-0.39, 0.29) is 5.82 Å². The summed E-state index contributed by atoms with van der Waals surface area (Å²) in [5.41, 5.74) is 0.735. The lowest BCUT2D eigenvalue weighted by molar-refractivity contribution is -0.138. The van der Waals surface area contributed by atoms with Gasteiger partial charge in [0.25, 0.3) is 0 Å². The lowest BCUT2D eigenvalue weighted by Crippen LogP contribution is -2.05. The summed E-state index contributed by atoms with van der Waals surface area (Å²) >= 11 is 3.24. The summed E-state index contributed by atoms with van der Waals surface area (Å²) in [7, 11) is 0. The molecule has 16 heavy (non-hydrogen) atoms. The number of carbonyl (C=O) groups is 1. The van der Waals surface area contributed by atoms with E-state index in [4.69, 9.17) is 4.74 Å². The van der Waals surface area contributed by atoms with Gasteiger partial charge in [0, 0.05) is 15.6 Å². The molecule has 0 aliphatic carbocycles. The molecule has 0 saturated heterocycles. The number of halogens is 2. The summed E-state index contributed by atoms with van der Waals surface area (Å²) < 4.78 is 18.9. The lowest BCUT2D eigenvalue weighted by atomic mass is 10.1. The van der Waals surface area contributed by atoms with Crippen LogP contribution in [0.25, 0.3) is 6.08 Å². The van der Waals surface area contributed by atoms with Crippen LogP contribution in [0.5, 0.6) is 0 Å². The zero-order valence-electron chi connectivity index (χ0n) is 9.09. The number of esters is 1. The minimum absolute atomic E-state index is 0.310. The van der Waals surface area contributed by atoms with E-state index in [0.717, 1.165) is 4.47 Å². The Labute approximate surface area is 102 Å². The molecule has 0 N–H and O–H groups in total. The Bertz CT molecular complexity index is 427. The van der Waals surface area contributed by atoms with E-state index >= 15 is 0 Å². The maximum absolute atomic E-state index is 13.4. The van der Waals surface area contributed by atoms with Crippen molar-refractivity contribution in [3.63, 3.8) is 0 Å². The molecule has 0 aromatic heterocycles. The first kappa shape index (κ1) is 12.9. The highest BCUT2D eigenvalue weighted by Gasteiger charge is 2.06. The average Bonchev–Trinajstić information content (AvgIpc) is 2.23. The Morgan fingerprint density at radius 1 is 1.56 bits per heavy atom. The van der Waals surface area contributed by atoms with Crippen LogP contribution < -0.4 is 0 Å². The van der Waals surface area contributed by atoms with Gasteiger partial charge in [-0.3, -0.25) is 0 Å². The molecular formula is C12H12BrFO2. The van der Waals surface area contributed by atoms with E-state index < -0.39 is 5.97 Å². The van der Waals surface area contributed by atoms with Crippen LogP contribution >= 0.6 is 15.9 Å². The number of hydrogen-bond donors (Lipinski definition) is 0. The molecule has 0 unspecified atom stereocenters. The Morgan fingerprint density at radius 3 is 2.88 bits per heavy atom. The van der Waals surface area contributed by atoms with Gasteiger partial charge in [0.05, 0.1) is 6.61 Å². The number of benzene rings is 1. The Hall–Kier alpha value is -1.16. The molecule has 1 aromatic rings. The molecule has 86 valence electrons. The molecular weight excluding hydrogens is 275 g/mol. The van der Waals surface area contributed by atoms with Gasteiger partial charge in [-0.2, -0.15) is 0 Å². The molecule has 0 radical (unpaired) electrons. The molecule has 2 nitrogen and oxygen atoms in total. The van der Waals surface area contributed by atoms with Gasteiger partial charge in [0.1, 0.15) is 5.82 Å². The highest BCUT2D eigenvalue weighted by atomic mass is 79.9. The van der Waals surface area contributed by atoms with Gasteiger partial charge in [0.2, 0.25) is 0 Å². The van der Waals surface area contributed by atoms with Crippen molar-refractivity contribution >= 4 is 28.0 Å². The standard InChI is InChI=1S/C12H12BrFO2/c1-3-16-12(15)8(2)6-9-7-10(13)4-5-11(9)14/h4-7H,3H2,1-2H3/b8-6+. The fourth-order valence-corrected chi connectivity index (χ4v) is 1.54. The quantitative estimate of drug-likeness (QED) is 0.627. The summed E-state index contributed by atoms with van der Waals surface area (Å²) in [4.78, 5) is 11.3. The van der Waals surface area contributed by atoms with Crippen LogP contribution in [0, 0.1) is 5.82 Å². The molecule has 0 atom stereocenters. The third-order valence-corrected chi connectivity index (χ3v) is 2.42. The normalized spacial score (nSPS) is 11.4. The molecule has 1 aromatic carbocycles. The van der Waals surface area contributed by atoms with E-state index in [1.807, 2.05) is 0 Å². The zero-order valence-corrected chi connectivity index (χ0v) is 10.7. The van der Waals surface area contributed by atoms with Crippen molar-refractivity contribution < 1.29 is 13.9 Å². The number of rotatable bonds is 3. The molecule has 0 aliphatic rings. The summed E-state index contributed by atoms with van der Waals surface area (Å²) in [6.07, 6.45) is 1.47. The van der Waals surface area contributed by atoms with Crippen LogP contribution in [-0.2, 0) is 9.53 Å². The van der Waals surface area contributed by atoms with Crippen LogP contribution in [0.2, 0.25) is 0 Å². The molecule has 0 bridgehead atoms. The van der Waals surface area contributed by atoms with E-state index in [2.05, 4.69) is 15.9 Å². The Morgan fingerprint density at radius 2 is 2.25 bits per heavy atom. The third kappa shape index (κ3) is 3.45. The second kappa shape index (κ2) is 5.80. The minimum atomic E-state index is -0.429. The minimum Gasteiger partial charge on any atom is -0.463 e. The molecule has 4 heteroatoms. The first-order chi connectivity index (χ1) is 7.54. The van der Waals surface area contributed by atoms with Crippen molar-refractivity contribution in [2.24, 2.45) is 0 Å². The maximum Gasteiger partial charge on any atom is 0.333 e. The van der Waals surface area contributed by atoms with Crippen LogP contribution in [0.1, 0.15) is 19.4 Å². The van der Waals surface area contributed by atoms with E-state index in [0.29, 0.717) is 17.7 Å². The van der Waals surface area contributed by atoms with E-state index in [9.17, 15) is 9.18 Å².